The Balaban J connectivity index is 2.90. The van der Waals surface area contributed by atoms with Gasteiger partial charge in [-0.1, -0.05) is 19.9 Å². The molecule has 0 radical (unpaired) electrons. The first kappa shape index (κ1) is 15.1. The molecule has 0 saturated heterocycles. The molecule has 1 amide bonds. The SMILES string of the molecule is CC(C)C(C(=O)NN)N(Cc1cccs1)C(C)C. The van der Waals surface area contributed by atoms with Crippen molar-refractivity contribution in [2.75, 3.05) is 0 Å². The van der Waals surface area contributed by atoms with Crippen molar-refractivity contribution >= 4 is 17.2 Å². The van der Waals surface area contributed by atoms with Crippen LogP contribution in [0.5, 0.6) is 0 Å². The molecule has 1 heterocycles. The number of amides is 1. The predicted octanol–water partition coefficient (Wildman–Crippen LogP) is 1.97. The van der Waals surface area contributed by atoms with Crippen LogP contribution in [0.2, 0.25) is 0 Å². The Labute approximate surface area is 113 Å². The van der Waals surface area contributed by atoms with E-state index in [-0.39, 0.29) is 23.9 Å². The first-order chi connectivity index (χ1) is 8.47. The Kier molecular flexibility index (Phi) is 5.78. The third kappa shape index (κ3) is 3.80. The lowest BCUT2D eigenvalue weighted by Crippen LogP contribution is -2.53. The van der Waals surface area contributed by atoms with Crippen LogP contribution in [-0.2, 0) is 11.3 Å². The van der Waals surface area contributed by atoms with E-state index in [1.54, 1.807) is 11.3 Å². The third-order valence-electron chi connectivity index (χ3n) is 2.98. The van der Waals surface area contributed by atoms with Crippen LogP contribution in [0, 0.1) is 5.92 Å². The Morgan fingerprint density at radius 3 is 2.50 bits per heavy atom. The van der Waals surface area contributed by atoms with Crippen LogP contribution in [0.4, 0.5) is 0 Å². The molecule has 102 valence electrons. The Morgan fingerprint density at radius 1 is 1.44 bits per heavy atom. The number of hydrogen-bond acceptors (Lipinski definition) is 4. The van der Waals surface area contributed by atoms with Crippen LogP contribution in [0.1, 0.15) is 32.6 Å². The zero-order valence-corrected chi connectivity index (χ0v) is 12.3. The van der Waals surface area contributed by atoms with E-state index in [1.165, 1.54) is 4.88 Å². The molecular weight excluding hydrogens is 246 g/mol. The van der Waals surface area contributed by atoms with Gasteiger partial charge in [-0.25, -0.2) is 5.84 Å². The number of nitrogens with two attached hydrogens (primary N) is 1. The van der Waals surface area contributed by atoms with Crippen molar-refractivity contribution in [3.63, 3.8) is 0 Å². The summed E-state index contributed by atoms with van der Waals surface area (Å²) >= 11 is 1.71. The van der Waals surface area contributed by atoms with Gasteiger partial charge in [-0.2, -0.15) is 0 Å². The summed E-state index contributed by atoms with van der Waals surface area (Å²) in [5.41, 5.74) is 2.28. The minimum absolute atomic E-state index is 0.116. The van der Waals surface area contributed by atoms with Crippen LogP contribution in [0.15, 0.2) is 17.5 Å². The molecule has 0 aromatic carbocycles. The summed E-state index contributed by atoms with van der Waals surface area (Å²) in [6.45, 7) is 9.08. The molecule has 1 unspecified atom stereocenters. The molecular formula is C13H23N3OS. The van der Waals surface area contributed by atoms with Crippen LogP contribution >= 0.6 is 11.3 Å². The largest absolute Gasteiger partial charge is 0.293 e. The van der Waals surface area contributed by atoms with E-state index < -0.39 is 0 Å². The summed E-state index contributed by atoms with van der Waals surface area (Å²) in [6, 6.07) is 4.22. The second-order valence-electron chi connectivity index (χ2n) is 5.04. The lowest BCUT2D eigenvalue weighted by molar-refractivity contribution is -0.129. The summed E-state index contributed by atoms with van der Waals surface area (Å²) in [4.78, 5) is 15.4. The van der Waals surface area contributed by atoms with Gasteiger partial charge in [0.25, 0.3) is 5.91 Å². The molecule has 0 aliphatic rings. The molecule has 18 heavy (non-hydrogen) atoms. The highest BCUT2D eigenvalue weighted by molar-refractivity contribution is 7.09. The van der Waals surface area contributed by atoms with Crippen LogP contribution < -0.4 is 11.3 Å². The van der Waals surface area contributed by atoms with Crippen LogP contribution in [-0.4, -0.2) is 22.9 Å². The lowest BCUT2D eigenvalue weighted by atomic mass is 10.00. The fourth-order valence-electron chi connectivity index (χ4n) is 2.11. The van der Waals surface area contributed by atoms with Gasteiger partial charge in [0, 0.05) is 17.5 Å². The maximum Gasteiger partial charge on any atom is 0.251 e. The smallest absolute Gasteiger partial charge is 0.251 e. The molecule has 0 saturated carbocycles. The topological polar surface area (TPSA) is 58.4 Å². The minimum Gasteiger partial charge on any atom is -0.293 e. The summed E-state index contributed by atoms with van der Waals surface area (Å²) < 4.78 is 0. The van der Waals surface area contributed by atoms with Crippen molar-refractivity contribution < 1.29 is 4.79 Å². The third-order valence-corrected chi connectivity index (χ3v) is 3.84. The van der Waals surface area contributed by atoms with E-state index in [9.17, 15) is 4.79 Å². The van der Waals surface area contributed by atoms with E-state index in [0.717, 1.165) is 6.54 Å². The number of hydrazine groups is 1. The van der Waals surface area contributed by atoms with Crippen molar-refractivity contribution in [2.24, 2.45) is 11.8 Å². The maximum atomic E-state index is 12.0. The Bertz CT molecular complexity index is 362. The van der Waals surface area contributed by atoms with E-state index >= 15 is 0 Å². The maximum absolute atomic E-state index is 12.0. The molecule has 0 spiro atoms. The number of carbonyl (C=O) groups is 1. The van der Waals surface area contributed by atoms with E-state index in [2.05, 4.69) is 35.6 Å². The molecule has 3 N–H and O–H groups in total. The normalized spacial score (nSPS) is 13.3. The molecule has 0 bridgehead atoms. The van der Waals surface area contributed by atoms with Gasteiger partial charge in [0.2, 0.25) is 0 Å². The van der Waals surface area contributed by atoms with Gasteiger partial charge >= 0.3 is 0 Å². The van der Waals surface area contributed by atoms with Gasteiger partial charge in [0.05, 0.1) is 6.04 Å². The van der Waals surface area contributed by atoms with E-state index in [4.69, 9.17) is 5.84 Å². The molecule has 1 aromatic rings. The van der Waals surface area contributed by atoms with Crippen LogP contribution in [0.3, 0.4) is 0 Å². The number of thiophene rings is 1. The monoisotopic (exact) mass is 269 g/mol. The molecule has 1 atom stereocenters. The summed E-state index contributed by atoms with van der Waals surface area (Å²) in [5.74, 6) is 5.40. The summed E-state index contributed by atoms with van der Waals surface area (Å²) in [5, 5.41) is 2.06. The number of carbonyl (C=O) groups excluding carboxylic acids is 1. The molecule has 0 aliphatic carbocycles. The second-order valence-corrected chi connectivity index (χ2v) is 6.08. The number of nitrogens with zero attached hydrogens (tertiary/aromatic N) is 1. The predicted molar refractivity (Wildman–Crippen MR) is 76.0 cm³/mol. The van der Waals surface area contributed by atoms with E-state index in [0.29, 0.717) is 0 Å². The second kappa shape index (κ2) is 6.87. The van der Waals surface area contributed by atoms with Crippen molar-refractivity contribution in [1.82, 2.24) is 10.3 Å². The zero-order chi connectivity index (χ0) is 13.7. The first-order valence-electron chi connectivity index (χ1n) is 6.26. The standard InChI is InChI=1S/C13H23N3OS/c1-9(2)12(13(17)15-14)16(10(3)4)8-11-6-5-7-18-11/h5-7,9-10,12H,8,14H2,1-4H3,(H,15,17). The number of nitrogens with one attached hydrogen (secondary N) is 1. The average Bonchev–Trinajstić information content (AvgIpc) is 2.79. The highest BCUT2D eigenvalue weighted by Crippen LogP contribution is 2.20. The molecule has 5 heteroatoms. The molecule has 1 rings (SSSR count). The van der Waals surface area contributed by atoms with E-state index in [1.807, 2.05) is 19.9 Å². The number of rotatable bonds is 6. The highest BCUT2D eigenvalue weighted by Gasteiger charge is 2.30. The lowest BCUT2D eigenvalue weighted by Gasteiger charge is -2.35. The Hall–Kier alpha value is -0.910. The average molecular weight is 269 g/mol. The summed E-state index contributed by atoms with van der Waals surface area (Å²) in [7, 11) is 0. The van der Waals surface area contributed by atoms with Crippen molar-refractivity contribution in [3.8, 4) is 0 Å². The van der Waals surface area contributed by atoms with Crippen molar-refractivity contribution in [3.05, 3.63) is 22.4 Å². The first-order valence-corrected chi connectivity index (χ1v) is 7.14. The molecule has 4 nitrogen and oxygen atoms in total. The minimum atomic E-state index is -0.197. The van der Waals surface area contributed by atoms with Gasteiger partial charge < -0.3 is 0 Å². The van der Waals surface area contributed by atoms with Gasteiger partial charge in [-0.15, -0.1) is 11.3 Å². The van der Waals surface area contributed by atoms with Crippen LogP contribution in [0.25, 0.3) is 0 Å². The fraction of sp³-hybridized carbons (Fsp3) is 0.615. The number of hydrogen-bond donors (Lipinski definition) is 2. The molecule has 0 aliphatic heterocycles. The molecule has 1 aromatic heterocycles. The summed E-state index contributed by atoms with van der Waals surface area (Å²) in [6.07, 6.45) is 0. The zero-order valence-electron chi connectivity index (χ0n) is 11.5. The van der Waals surface area contributed by atoms with Crippen molar-refractivity contribution in [2.45, 2.75) is 46.3 Å². The fourth-order valence-corrected chi connectivity index (χ4v) is 2.82. The van der Waals surface area contributed by atoms with Gasteiger partial charge in [0.1, 0.15) is 0 Å². The van der Waals surface area contributed by atoms with Crippen molar-refractivity contribution in [1.29, 1.82) is 0 Å². The molecule has 0 fully saturated rings. The van der Waals surface area contributed by atoms with Gasteiger partial charge in [-0.05, 0) is 31.2 Å². The Morgan fingerprint density at radius 2 is 2.11 bits per heavy atom. The highest BCUT2D eigenvalue weighted by atomic mass is 32.1. The quantitative estimate of drug-likeness (QED) is 0.471. The van der Waals surface area contributed by atoms with Gasteiger partial charge in [0.15, 0.2) is 0 Å². The van der Waals surface area contributed by atoms with Gasteiger partial charge in [-0.3, -0.25) is 15.1 Å².